The standard InChI is InChI=1S/C10H10F4N2O3S/c11-7-5-6(1-2-8(7)20(15,18)19)16-9(17)3-4-10(12,13)14/h1-2,5H,3-4H2,(H,16,17)(H2,15,18,19). The number of sulfonamides is 1. The van der Waals surface area contributed by atoms with E-state index >= 15 is 0 Å². The van der Waals surface area contributed by atoms with Crippen LogP contribution in [0.2, 0.25) is 0 Å². The summed E-state index contributed by atoms with van der Waals surface area (Å²) >= 11 is 0. The van der Waals surface area contributed by atoms with Gasteiger partial charge >= 0.3 is 6.18 Å². The van der Waals surface area contributed by atoms with Gasteiger partial charge in [-0.2, -0.15) is 13.2 Å². The molecule has 0 spiro atoms. The van der Waals surface area contributed by atoms with Crippen molar-refractivity contribution in [1.29, 1.82) is 0 Å². The lowest BCUT2D eigenvalue weighted by molar-refractivity contribution is -0.142. The molecule has 0 saturated heterocycles. The van der Waals surface area contributed by atoms with Crippen LogP contribution in [0.3, 0.4) is 0 Å². The van der Waals surface area contributed by atoms with E-state index in [1.807, 2.05) is 5.32 Å². The maximum absolute atomic E-state index is 13.4. The molecule has 0 aliphatic carbocycles. The maximum Gasteiger partial charge on any atom is 0.389 e. The van der Waals surface area contributed by atoms with Crippen molar-refractivity contribution in [2.24, 2.45) is 5.14 Å². The fraction of sp³-hybridized carbons (Fsp3) is 0.300. The predicted octanol–water partition coefficient (Wildman–Crippen LogP) is 1.75. The molecule has 0 aliphatic rings. The van der Waals surface area contributed by atoms with Crippen LogP contribution < -0.4 is 10.5 Å². The summed E-state index contributed by atoms with van der Waals surface area (Å²) in [5.41, 5.74) is -0.165. The number of rotatable bonds is 4. The lowest BCUT2D eigenvalue weighted by Crippen LogP contribution is -2.17. The molecule has 1 rings (SSSR count). The van der Waals surface area contributed by atoms with Crippen LogP contribution in [0.4, 0.5) is 23.2 Å². The molecular formula is C10H10F4N2O3S. The monoisotopic (exact) mass is 314 g/mol. The molecule has 1 aromatic rings. The number of carbonyl (C=O) groups is 1. The number of primary sulfonamides is 1. The minimum Gasteiger partial charge on any atom is -0.326 e. The van der Waals surface area contributed by atoms with Crippen LogP contribution in [0.5, 0.6) is 0 Å². The number of benzene rings is 1. The van der Waals surface area contributed by atoms with E-state index in [4.69, 9.17) is 5.14 Å². The molecular weight excluding hydrogens is 304 g/mol. The van der Waals surface area contributed by atoms with Gasteiger partial charge in [0.05, 0.1) is 6.42 Å². The molecule has 5 nitrogen and oxygen atoms in total. The van der Waals surface area contributed by atoms with Crippen molar-refractivity contribution in [2.75, 3.05) is 5.32 Å². The second-order valence-electron chi connectivity index (χ2n) is 3.85. The first kappa shape index (κ1) is 16.4. The summed E-state index contributed by atoms with van der Waals surface area (Å²) in [7, 11) is -4.24. The molecule has 0 radical (unpaired) electrons. The number of carbonyl (C=O) groups excluding carboxylic acids is 1. The Bertz CT molecular complexity index is 613. The number of nitrogens with one attached hydrogen (secondary N) is 1. The van der Waals surface area contributed by atoms with Gasteiger partial charge in [0.2, 0.25) is 15.9 Å². The molecule has 0 saturated carbocycles. The Morgan fingerprint density at radius 3 is 2.35 bits per heavy atom. The number of halogens is 4. The minimum absolute atomic E-state index is 0.165. The van der Waals surface area contributed by atoms with E-state index < -0.39 is 45.7 Å². The fourth-order valence-electron chi connectivity index (χ4n) is 1.29. The summed E-state index contributed by atoms with van der Waals surface area (Å²) in [6, 6.07) is 2.49. The number of amides is 1. The average Bonchev–Trinajstić information content (AvgIpc) is 2.23. The fourth-order valence-corrected chi connectivity index (χ4v) is 1.88. The number of hydrogen-bond acceptors (Lipinski definition) is 3. The van der Waals surface area contributed by atoms with E-state index in [1.54, 1.807) is 0 Å². The third-order valence-corrected chi connectivity index (χ3v) is 3.10. The van der Waals surface area contributed by atoms with Crippen molar-refractivity contribution < 1.29 is 30.8 Å². The van der Waals surface area contributed by atoms with Crippen LogP contribution in [0.1, 0.15) is 12.8 Å². The van der Waals surface area contributed by atoms with Crippen molar-refractivity contribution in [1.82, 2.24) is 0 Å². The van der Waals surface area contributed by atoms with E-state index in [0.29, 0.717) is 6.07 Å². The van der Waals surface area contributed by atoms with Gasteiger partial charge in [-0.3, -0.25) is 4.79 Å². The van der Waals surface area contributed by atoms with Gasteiger partial charge in [0.15, 0.2) is 0 Å². The van der Waals surface area contributed by atoms with Gasteiger partial charge in [0.25, 0.3) is 0 Å². The molecule has 0 heterocycles. The Kier molecular flexibility index (Phi) is 4.71. The van der Waals surface area contributed by atoms with Crippen LogP contribution in [0.15, 0.2) is 23.1 Å². The number of anilines is 1. The molecule has 10 heteroatoms. The van der Waals surface area contributed by atoms with Crippen LogP contribution in [-0.2, 0) is 14.8 Å². The quantitative estimate of drug-likeness (QED) is 0.830. The van der Waals surface area contributed by atoms with E-state index in [0.717, 1.165) is 12.1 Å². The summed E-state index contributed by atoms with van der Waals surface area (Å²) < 4.78 is 70.9. The first-order valence-corrected chi connectivity index (χ1v) is 6.72. The predicted molar refractivity (Wildman–Crippen MR) is 61.7 cm³/mol. The lowest BCUT2D eigenvalue weighted by Gasteiger charge is -2.08. The highest BCUT2D eigenvalue weighted by Gasteiger charge is 2.28. The van der Waals surface area contributed by atoms with Gasteiger partial charge in [-0.05, 0) is 18.2 Å². The SMILES string of the molecule is NS(=O)(=O)c1ccc(NC(=O)CCC(F)(F)F)cc1F. The second kappa shape index (κ2) is 5.75. The Morgan fingerprint density at radius 1 is 1.30 bits per heavy atom. The van der Waals surface area contributed by atoms with Gasteiger partial charge in [0.1, 0.15) is 10.7 Å². The van der Waals surface area contributed by atoms with Gasteiger partial charge in [-0.25, -0.2) is 17.9 Å². The number of hydrogen-bond donors (Lipinski definition) is 2. The minimum atomic E-state index is -4.47. The molecule has 0 atom stereocenters. The molecule has 20 heavy (non-hydrogen) atoms. The highest BCUT2D eigenvalue weighted by Crippen LogP contribution is 2.22. The largest absolute Gasteiger partial charge is 0.389 e. The second-order valence-corrected chi connectivity index (χ2v) is 5.38. The lowest BCUT2D eigenvalue weighted by atomic mass is 10.2. The summed E-state index contributed by atoms with van der Waals surface area (Å²) in [5.74, 6) is -2.17. The number of alkyl halides is 3. The van der Waals surface area contributed by atoms with Gasteiger partial charge in [-0.15, -0.1) is 0 Å². The summed E-state index contributed by atoms with van der Waals surface area (Å²) in [5, 5.41) is 6.74. The first-order valence-electron chi connectivity index (χ1n) is 5.18. The van der Waals surface area contributed by atoms with Crippen LogP contribution >= 0.6 is 0 Å². The molecule has 0 aromatic heterocycles. The molecule has 1 amide bonds. The average molecular weight is 314 g/mol. The maximum atomic E-state index is 13.4. The summed E-state index contributed by atoms with van der Waals surface area (Å²) in [6.07, 6.45) is -6.60. The van der Waals surface area contributed by atoms with Crippen LogP contribution in [-0.4, -0.2) is 20.5 Å². The Morgan fingerprint density at radius 2 is 1.90 bits per heavy atom. The van der Waals surface area contributed by atoms with Crippen molar-refractivity contribution in [3.05, 3.63) is 24.0 Å². The van der Waals surface area contributed by atoms with Crippen molar-refractivity contribution in [3.63, 3.8) is 0 Å². The third-order valence-electron chi connectivity index (χ3n) is 2.16. The molecule has 0 fully saturated rings. The first-order chi connectivity index (χ1) is 8.99. The van der Waals surface area contributed by atoms with Crippen molar-refractivity contribution in [2.45, 2.75) is 23.9 Å². The molecule has 0 unspecified atom stereocenters. The Labute approximate surface area is 111 Å². The van der Waals surface area contributed by atoms with E-state index in [-0.39, 0.29) is 5.69 Å². The Hall–Kier alpha value is -1.68. The third kappa shape index (κ3) is 5.13. The summed E-state index contributed by atoms with van der Waals surface area (Å²) in [4.78, 5) is 10.4. The van der Waals surface area contributed by atoms with Crippen molar-refractivity contribution in [3.8, 4) is 0 Å². The van der Waals surface area contributed by atoms with Gasteiger partial charge in [0, 0.05) is 12.1 Å². The van der Waals surface area contributed by atoms with Crippen LogP contribution in [0.25, 0.3) is 0 Å². The summed E-state index contributed by atoms with van der Waals surface area (Å²) in [6.45, 7) is 0. The molecule has 1 aromatic carbocycles. The molecule has 0 aliphatic heterocycles. The van der Waals surface area contributed by atoms with Gasteiger partial charge in [-0.1, -0.05) is 0 Å². The smallest absolute Gasteiger partial charge is 0.326 e. The zero-order valence-corrected chi connectivity index (χ0v) is 10.7. The van der Waals surface area contributed by atoms with E-state index in [2.05, 4.69) is 0 Å². The van der Waals surface area contributed by atoms with Gasteiger partial charge < -0.3 is 5.32 Å². The van der Waals surface area contributed by atoms with Crippen LogP contribution in [0, 0.1) is 5.82 Å². The Balaban J connectivity index is 2.76. The van der Waals surface area contributed by atoms with Crippen molar-refractivity contribution >= 4 is 21.6 Å². The normalized spacial score (nSPS) is 12.2. The highest BCUT2D eigenvalue weighted by molar-refractivity contribution is 7.89. The highest BCUT2D eigenvalue weighted by atomic mass is 32.2. The molecule has 112 valence electrons. The van der Waals surface area contributed by atoms with E-state index in [9.17, 15) is 30.8 Å². The number of nitrogens with two attached hydrogens (primary N) is 1. The molecule has 3 N–H and O–H groups in total. The molecule has 0 bridgehead atoms. The van der Waals surface area contributed by atoms with E-state index in [1.165, 1.54) is 0 Å². The topological polar surface area (TPSA) is 89.3 Å². The zero-order chi connectivity index (χ0) is 15.6. The zero-order valence-electron chi connectivity index (χ0n) is 9.87.